The highest BCUT2D eigenvalue weighted by Crippen LogP contribution is 2.32. The predicted molar refractivity (Wildman–Crippen MR) is 64.5 cm³/mol. The van der Waals surface area contributed by atoms with Gasteiger partial charge in [-0.25, -0.2) is 0 Å². The summed E-state index contributed by atoms with van der Waals surface area (Å²) in [7, 11) is 0. The molecule has 2 N–H and O–H groups in total. The van der Waals surface area contributed by atoms with Gasteiger partial charge in [0.05, 0.1) is 6.10 Å². The van der Waals surface area contributed by atoms with Crippen LogP contribution in [0.25, 0.3) is 0 Å². The molecule has 2 aliphatic rings. The van der Waals surface area contributed by atoms with Crippen molar-refractivity contribution in [1.29, 1.82) is 0 Å². The summed E-state index contributed by atoms with van der Waals surface area (Å²) in [5.41, 5.74) is 0. The molecule has 0 radical (unpaired) electrons. The molecule has 2 rings (SSSR count). The van der Waals surface area contributed by atoms with Gasteiger partial charge in [-0.1, -0.05) is 0 Å². The Morgan fingerprint density at radius 3 is 2.65 bits per heavy atom. The van der Waals surface area contributed by atoms with Crippen LogP contribution in [0.2, 0.25) is 0 Å². The summed E-state index contributed by atoms with van der Waals surface area (Å²) in [6.45, 7) is 2.12. The number of rotatable bonds is 6. The van der Waals surface area contributed by atoms with E-state index in [-0.39, 0.29) is 12.0 Å². The Kier molecular flexibility index (Phi) is 4.80. The Balaban J connectivity index is 1.55. The first kappa shape index (κ1) is 12.8. The van der Waals surface area contributed by atoms with Gasteiger partial charge in [0.2, 0.25) is 5.91 Å². The van der Waals surface area contributed by atoms with Crippen LogP contribution < -0.4 is 5.32 Å². The molecule has 0 spiro atoms. The molecule has 1 aliphatic carbocycles. The topological polar surface area (TPSA) is 58.6 Å². The van der Waals surface area contributed by atoms with Crippen LogP contribution in [0.1, 0.15) is 38.5 Å². The van der Waals surface area contributed by atoms with Gasteiger partial charge in [0.25, 0.3) is 0 Å². The lowest BCUT2D eigenvalue weighted by molar-refractivity contribution is -0.121. The molecule has 0 aromatic heterocycles. The van der Waals surface area contributed by atoms with E-state index in [1.165, 1.54) is 12.8 Å². The fraction of sp³-hybridized carbons (Fsp3) is 0.923. The van der Waals surface area contributed by atoms with Crippen molar-refractivity contribution in [3.63, 3.8) is 0 Å². The zero-order valence-electron chi connectivity index (χ0n) is 10.4. The third-order valence-electron chi connectivity index (χ3n) is 3.74. The minimum Gasteiger partial charge on any atom is -0.393 e. The minimum atomic E-state index is -0.292. The number of nitrogens with one attached hydrogen (secondary N) is 1. The molecule has 1 aliphatic heterocycles. The Morgan fingerprint density at radius 2 is 2.00 bits per heavy atom. The van der Waals surface area contributed by atoms with Gasteiger partial charge in [-0.2, -0.15) is 0 Å². The highest BCUT2D eigenvalue weighted by atomic mass is 16.5. The standard InChI is InChI=1S/C13H23NO3/c15-12(11-4-7-17-8-5-11)3-6-14-13(16)9-10-1-2-10/h10-12,15H,1-9H2,(H,14,16). The number of aliphatic hydroxyl groups excluding tert-OH is 1. The van der Waals surface area contributed by atoms with E-state index in [9.17, 15) is 9.90 Å². The summed E-state index contributed by atoms with van der Waals surface area (Å²) in [5.74, 6) is 1.13. The van der Waals surface area contributed by atoms with Gasteiger partial charge in [0.1, 0.15) is 0 Å². The third kappa shape index (κ3) is 4.64. The zero-order valence-corrected chi connectivity index (χ0v) is 10.4. The van der Waals surface area contributed by atoms with Gasteiger partial charge >= 0.3 is 0 Å². The van der Waals surface area contributed by atoms with Crippen molar-refractivity contribution in [3.05, 3.63) is 0 Å². The van der Waals surface area contributed by atoms with E-state index in [2.05, 4.69) is 5.32 Å². The smallest absolute Gasteiger partial charge is 0.220 e. The van der Waals surface area contributed by atoms with E-state index < -0.39 is 0 Å². The number of carbonyl (C=O) groups excluding carboxylic acids is 1. The van der Waals surface area contributed by atoms with Gasteiger partial charge in [-0.05, 0) is 43.9 Å². The molecule has 1 saturated heterocycles. The van der Waals surface area contributed by atoms with Crippen molar-refractivity contribution in [3.8, 4) is 0 Å². The fourth-order valence-electron chi connectivity index (χ4n) is 2.35. The fourth-order valence-corrected chi connectivity index (χ4v) is 2.35. The highest BCUT2D eigenvalue weighted by Gasteiger charge is 2.25. The van der Waals surface area contributed by atoms with Crippen LogP contribution in [0.5, 0.6) is 0 Å². The van der Waals surface area contributed by atoms with E-state index in [1.54, 1.807) is 0 Å². The molecule has 1 saturated carbocycles. The molecule has 1 atom stereocenters. The second kappa shape index (κ2) is 6.36. The largest absolute Gasteiger partial charge is 0.393 e. The van der Waals surface area contributed by atoms with Gasteiger partial charge < -0.3 is 15.2 Å². The van der Waals surface area contributed by atoms with Crippen LogP contribution in [0.3, 0.4) is 0 Å². The van der Waals surface area contributed by atoms with Crippen LogP contribution >= 0.6 is 0 Å². The van der Waals surface area contributed by atoms with Crippen molar-refractivity contribution >= 4 is 5.91 Å². The van der Waals surface area contributed by atoms with Crippen LogP contribution in [0, 0.1) is 11.8 Å². The summed E-state index contributed by atoms with van der Waals surface area (Å²) in [6, 6.07) is 0. The zero-order chi connectivity index (χ0) is 12.1. The van der Waals surface area contributed by atoms with Crippen molar-refractivity contribution in [2.24, 2.45) is 11.8 Å². The van der Waals surface area contributed by atoms with Crippen molar-refractivity contribution in [1.82, 2.24) is 5.32 Å². The average Bonchev–Trinajstić information content (AvgIpc) is 3.14. The number of ether oxygens (including phenoxy) is 1. The van der Waals surface area contributed by atoms with Crippen LogP contribution in [0.15, 0.2) is 0 Å². The van der Waals surface area contributed by atoms with Gasteiger partial charge in [0.15, 0.2) is 0 Å². The Labute approximate surface area is 103 Å². The molecule has 98 valence electrons. The quantitative estimate of drug-likeness (QED) is 0.731. The lowest BCUT2D eigenvalue weighted by Gasteiger charge is -2.26. The lowest BCUT2D eigenvalue weighted by atomic mass is 9.92. The average molecular weight is 241 g/mol. The molecule has 4 heteroatoms. The van der Waals surface area contributed by atoms with E-state index in [4.69, 9.17) is 4.74 Å². The van der Waals surface area contributed by atoms with Crippen LogP contribution in [-0.4, -0.2) is 36.9 Å². The summed E-state index contributed by atoms with van der Waals surface area (Å²) in [5, 5.41) is 12.9. The first-order valence-corrected chi connectivity index (χ1v) is 6.78. The molecule has 1 heterocycles. The van der Waals surface area contributed by atoms with Crippen molar-refractivity contribution in [2.45, 2.75) is 44.6 Å². The number of amides is 1. The molecule has 0 bridgehead atoms. The maximum atomic E-state index is 11.4. The monoisotopic (exact) mass is 241 g/mol. The number of hydrogen-bond donors (Lipinski definition) is 2. The summed E-state index contributed by atoms with van der Waals surface area (Å²) >= 11 is 0. The van der Waals surface area contributed by atoms with E-state index in [0.29, 0.717) is 31.2 Å². The minimum absolute atomic E-state index is 0.145. The molecular weight excluding hydrogens is 218 g/mol. The van der Waals surface area contributed by atoms with Crippen LogP contribution in [-0.2, 0) is 9.53 Å². The van der Waals surface area contributed by atoms with E-state index in [1.807, 2.05) is 0 Å². The summed E-state index contributed by atoms with van der Waals surface area (Å²) in [4.78, 5) is 11.4. The number of carbonyl (C=O) groups is 1. The maximum Gasteiger partial charge on any atom is 0.220 e. The predicted octanol–water partition coefficient (Wildman–Crippen LogP) is 1.08. The molecule has 1 amide bonds. The van der Waals surface area contributed by atoms with Crippen LogP contribution in [0.4, 0.5) is 0 Å². The number of aliphatic hydroxyl groups is 1. The Bertz CT molecular complexity index is 247. The first-order chi connectivity index (χ1) is 8.25. The second-order valence-corrected chi connectivity index (χ2v) is 5.30. The van der Waals surface area contributed by atoms with E-state index in [0.717, 1.165) is 26.1 Å². The Hall–Kier alpha value is -0.610. The Morgan fingerprint density at radius 1 is 1.29 bits per heavy atom. The molecule has 0 aromatic carbocycles. The van der Waals surface area contributed by atoms with Gasteiger partial charge in [-0.15, -0.1) is 0 Å². The van der Waals surface area contributed by atoms with Gasteiger partial charge in [-0.3, -0.25) is 4.79 Å². The van der Waals surface area contributed by atoms with E-state index >= 15 is 0 Å². The third-order valence-corrected chi connectivity index (χ3v) is 3.74. The van der Waals surface area contributed by atoms with Gasteiger partial charge in [0, 0.05) is 26.2 Å². The molecular formula is C13H23NO3. The molecule has 17 heavy (non-hydrogen) atoms. The van der Waals surface area contributed by atoms with Crippen molar-refractivity contribution < 1.29 is 14.6 Å². The SMILES string of the molecule is O=C(CC1CC1)NCCC(O)C1CCOCC1. The molecule has 1 unspecified atom stereocenters. The summed E-state index contributed by atoms with van der Waals surface area (Å²) < 4.78 is 5.26. The molecule has 0 aromatic rings. The second-order valence-electron chi connectivity index (χ2n) is 5.30. The highest BCUT2D eigenvalue weighted by molar-refractivity contribution is 5.76. The first-order valence-electron chi connectivity index (χ1n) is 6.78. The maximum absolute atomic E-state index is 11.4. The van der Waals surface area contributed by atoms with Crippen molar-refractivity contribution in [2.75, 3.05) is 19.8 Å². The number of hydrogen-bond acceptors (Lipinski definition) is 3. The lowest BCUT2D eigenvalue weighted by Crippen LogP contribution is -2.32. The molecule has 4 nitrogen and oxygen atoms in total. The summed E-state index contributed by atoms with van der Waals surface area (Å²) in [6.07, 6.45) is 5.35. The molecule has 2 fully saturated rings. The normalized spacial score (nSPS) is 23.4.